The van der Waals surface area contributed by atoms with Gasteiger partial charge in [0.05, 0.1) is 18.2 Å². The maximum Gasteiger partial charge on any atom is 0.314 e. The van der Waals surface area contributed by atoms with E-state index in [-0.39, 0.29) is 29.1 Å². The Balaban J connectivity index is 1.37. The number of pyridine rings is 1. The third-order valence-corrected chi connectivity index (χ3v) is 5.72. The van der Waals surface area contributed by atoms with Crippen molar-refractivity contribution in [1.29, 1.82) is 0 Å². The number of rotatable bonds is 4. The Kier molecular flexibility index (Phi) is 5.31. The number of carbonyl (C=O) groups excluding carboxylic acids is 2. The van der Waals surface area contributed by atoms with Gasteiger partial charge in [0, 0.05) is 28.3 Å². The highest BCUT2D eigenvalue weighted by atomic mass is 16.5. The minimum atomic E-state index is -0.753. The van der Waals surface area contributed by atoms with Crippen LogP contribution in [0.3, 0.4) is 0 Å². The molecule has 2 N–H and O–H groups in total. The lowest BCUT2D eigenvalue weighted by atomic mass is 10.1. The smallest absolute Gasteiger partial charge is 0.314 e. The summed E-state index contributed by atoms with van der Waals surface area (Å²) in [6, 6.07) is 15.0. The van der Waals surface area contributed by atoms with Gasteiger partial charge in [0.1, 0.15) is 5.69 Å². The maximum absolute atomic E-state index is 12.5. The van der Waals surface area contributed by atoms with Crippen LogP contribution in [0.5, 0.6) is 11.8 Å². The second-order valence-electron chi connectivity index (χ2n) is 7.85. The van der Waals surface area contributed by atoms with E-state index < -0.39 is 11.8 Å². The highest BCUT2D eigenvalue weighted by molar-refractivity contribution is 6.03. The number of benzene rings is 2. The molecule has 1 atom stereocenters. The molecule has 4 aromatic rings. The van der Waals surface area contributed by atoms with Crippen molar-refractivity contribution < 1.29 is 24.5 Å². The standard InChI is InChI=1S/C24H20N4O5/c29-21(26-27-22(30)20-10-8-14-4-1-2-6-19(14)25-20)15-7-9-17-18(12-15)24(32)28(23(17)31)13-16-5-3-11-33-16/h1-2,4,6-10,12,16,31-32H,3,5,11,13H2. The van der Waals surface area contributed by atoms with Gasteiger partial charge in [-0.15, -0.1) is 10.2 Å². The zero-order valence-electron chi connectivity index (χ0n) is 17.5. The van der Waals surface area contributed by atoms with Gasteiger partial charge in [-0.1, -0.05) is 24.3 Å². The molecule has 3 heterocycles. The van der Waals surface area contributed by atoms with Gasteiger partial charge in [-0.05, 0) is 43.2 Å². The first-order valence-corrected chi connectivity index (χ1v) is 10.5. The second kappa shape index (κ2) is 8.44. The highest BCUT2D eigenvalue weighted by Crippen LogP contribution is 2.37. The van der Waals surface area contributed by atoms with Gasteiger partial charge < -0.3 is 14.9 Å². The van der Waals surface area contributed by atoms with Crippen LogP contribution in [0.4, 0.5) is 0 Å². The Hall–Kier alpha value is -4.11. The van der Waals surface area contributed by atoms with Crippen LogP contribution in [0.25, 0.3) is 21.7 Å². The van der Waals surface area contributed by atoms with Crippen LogP contribution in [-0.2, 0) is 11.3 Å². The molecular formula is C24H20N4O5. The largest absolute Gasteiger partial charge is 0.494 e. The third-order valence-electron chi connectivity index (χ3n) is 5.72. The summed E-state index contributed by atoms with van der Waals surface area (Å²) < 4.78 is 6.94. The Bertz CT molecular complexity index is 1420. The van der Waals surface area contributed by atoms with Gasteiger partial charge in [-0.25, -0.2) is 4.98 Å². The van der Waals surface area contributed by atoms with E-state index >= 15 is 0 Å². The number of fused-ring (bicyclic) bond motifs is 2. The molecule has 9 heteroatoms. The molecule has 2 aromatic carbocycles. The molecule has 0 spiro atoms. The van der Waals surface area contributed by atoms with E-state index in [0.29, 0.717) is 29.4 Å². The molecule has 0 bridgehead atoms. The van der Waals surface area contributed by atoms with Crippen molar-refractivity contribution >= 4 is 33.5 Å². The first kappa shape index (κ1) is 20.8. The van der Waals surface area contributed by atoms with Gasteiger partial charge >= 0.3 is 5.91 Å². The van der Waals surface area contributed by atoms with E-state index in [0.717, 1.165) is 18.2 Å². The van der Waals surface area contributed by atoms with Crippen LogP contribution in [-0.4, -0.2) is 44.3 Å². The molecular weight excluding hydrogens is 424 g/mol. The summed E-state index contributed by atoms with van der Waals surface area (Å²) in [6.07, 6.45) is 1.69. The average molecular weight is 444 g/mol. The molecule has 166 valence electrons. The highest BCUT2D eigenvalue weighted by Gasteiger charge is 2.23. The van der Waals surface area contributed by atoms with Crippen molar-refractivity contribution in [2.45, 2.75) is 25.5 Å². The molecule has 5 rings (SSSR count). The van der Waals surface area contributed by atoms with Crippen LogP contribution in [0.1, 0.15) is 33.7 Å². The SMILES string of the molecule is O=C(N=NC(=O)c1ccc2ccccc2n1)c1ccc2c(O)n(CC3CCCO3)c(O)c2c1. The van der Waals surface area contributed by atoms with E-state index in [1.165, 1.54) is 28.8 Å². The molecule has 9 nitrogen and oxygen atoms in total. The van der Waals surface area contributed by atoms with Gasteiger partial charge in [0.15, 0.2) is 0 Å². The Morgan fingerprint density at radius 1 is 1.00 bits per heavy atom. The summed E-state index contributed by atoms with van der Waals surface area (Å²) >= 11 is 0. The number of hydrogen-bond acceptors (Lipinski definition) is 6. The average Bonchev–Trinajstić information content (AvgIpc) is 3.44. The summed E-state index contributed by atoms with van der Waals surface area (Å²) in [5.74, 6) is -1.76. The molecule has 0 aliphatic carbocycles. The summed E-state index contributed by atoms with van der Waals surface area (Å²) in [4.78, 5) is 29.1. The van der Waals surface area contributed by atoms with Crippen molar-refractivity contribution in [1.82, 2.24) is 9.55 Å². The molecule has 1 fully saturated rings. The Morgan fingerprint density at radius 2 is 1.79 bits per heavy atom. The predicted molar refractivity (Wildman–Crippen MR) is 120 cm³/mol. The van der Waals surface area contributed by atoms with Crippen LogP contribution >= 0.6 is 0 Å². The fraction of sp³-hybridized carbons (Fsp3) is 0.208. The molecule has 2 aromatic heterocycles. The number of hydrogen-bond donors (Lipinski definition) is 2. The summed E-state index contributed by atoms with van der Waals surface area (Å²) in [7, 11) is 0. The lowest BCUT2D eigenvalue weighted by Gasteiger charge is -2.12. The fourth-order valence-electron chi connectivity index (χ4n) is 4.00. The first-order chi connectivity index (χ1) is 16.0. The summed E-state index contributed by atoms with van der Waals surface area (Å²) in [5, 5.41) is 29.7. The molecule has 2 amide bonds. The third kappa shape index (κ3) is 3.94. The zero-order valence-corrected chi connectivity index (χ0v) is 17.5. The first-order valence-electron chi connectivity index (χ1n) is 10.5. The fourth-order valence-corrected chi connectivity index (χ4v) is 4.00. The topological polar surface area (TPSA) is 126 Å². The minimum absolute atomic E-state index is 0.0782. The second-order valence-corrected chi connectivity index (χ2v) is 7.85. The number of nitrogens with zero attached hydrogens (tertiary/aromatic N) is 4. The molecule has 0 radical (unpaired) electrons. The van der Waals surface area contributed by atoms with E-state index in [2.05, 4.69) is 15.2 Å². The van der Waals surface area contributed by atoms with Gasteiger partial charge in [0.25, 0.3) is 5.91 Å². The van der Waals surface area contributed by atoms with E-state index in [4.69, 9.17) is 4.74 Å². The molecule has 1 unspecified atom stereocenters. The number of amides is 2. The van der Waals surface area contributed by atoms with Crippen molar-refractivity contribution in [2.75, 3.05) is 6.61 Å². The predicted octanol–water partition coefficient (Wildman–Crippen LogP) is 4.21. The molecule has 1 aliphatic heterocycles. The van der Waals surface area contributed by atoms with Crippen molar-refractivity contribution in [3.63, 3.8) is 0 Å². The number of carbonyl (C=O) groups is 2. The van der Waals surface area contributed by atoms with Crippen molar-refractivity contribution in [3.05, 3.63) is 65.9 Å². The normalized spacial score (nSPS) is 16.2. The van der Waals surface area contributed by atoms with Gasteiger partial charge in [-0.2, -0.15) is 0 Å². The lowest BCUT2D eigenvalue weighted by molar-refractivity contribution is 0.0930. The van der Waals surface area contributed by atoms with Gasteiger partial charge in [0.2, 0.25) is 11.8 Å². The number of para-hydroxylation sites is 1. The minimum Gasteiger partial charge on any atom is -0.494 e. The van der Waals surface area contributed by atoms with E-state index in [1.807, 2.05) is 18.2 Å². The van der Waals surface area contributed by atoms with Crippen molar-refractivity contribution in [3.8, 4) is 11.8 Å². The van der Waals surface area contributed by atoms with E-state index in [1.54, 1.807) is 12.1 Å². The zero-order chi connectivity index (χ0) is 22.9. The number of azo groups is 1. The summed E-state index contributed by atoms with van der Waals surface area (Å²) in [5.41, 5.74) is 0.836. The number of ether oxygens (including phenoxy) is 1. The maximum atomic E-state index is 12.5. The quantitative estimate of drug-likeness (QED) is 0.454. The molecule has 33 heavy (non-hydrogen) atoms. The molecule has 1 saturated heterocycles. The van der Waals surface area contributed by atoms with Crippen LogP contribution in [0.15, 0.2) is 64.8 Å². The van der Waals surface area contributed by atoms with Crippen molar-refractivity contribution in [2.24, 2.45) is 10.2 Å². The lowest BCUT2D eigenvalue weighted by Crippen LogP contribution is -2.14. The number of aromatic hydroxyl groups is 2. The summed E-state index contributed by atoms with van der Waals surface area (Å²) in [6.45, 7) is 0.965. The molecule has 1 aliphatic rings. The number of aromatic nitrogens is 2. The Labute approximate surface area is 188 Å². The van der Waals surface area contributed by atoms with Crippen LogP contribution in [0.2, 0.25) is 0 Å². The monoisotopic (exact) mass is 444 g/mol. The van der Waals surface area contributed by atoms with Crippen LogP contribution in [0, 0.1) is 0 Å². The Morgan fingerprint density at radius 3 is 2.61 bits per heavy atom. The van der Waals surface area contributed by atoms with E-state index in [9.17, 15) is 19.8 Å². The van der Waals surface area contributed by atoms with Gasteiger partial charge in [-0.3, -0.25) is 14.2 Å². The molecule has 0 saturated carbocycles. The van der Waals surface area contributed by atoms with Crippen LogP contribution < -0.4 is 0 Å².